The maximum absolute atomic E-state index is 11.3. The molecule has 6 heteroatoms. The molecule has 0 aliphatic carbocycles. The fraction of sp³-hybridized carbons (Fsp3) is 0.533. The average molecular weight is 293 g/mol. The maximum atomic E-state index is 11.3. The molecule has 1 aromatic rings. The van der Waals surface area contributed by atoms with E-state index >= 15 is 0 Å². The molecular weight excluding hydrogens is 270 g/mol. The van der Waals surface area contributed by atoms with E-state index in [1.165, 1.54) is 0 Å². The molecule has 1 heterocycles. The molecule has 1 saturated heterocycles. The van der Waals surface area contributed by atoms with Crippen LogP contribution in [0.15, 0.2) is 24.3 Å². The van der Waals surface area contributed by atoms with E-state index in [-0.39, 0.29) is 12.0 Å². The van der Waals surface area contributed by atoms with Gasteiger partial charge in [-0.1, -0.05) is 0 Å². The number of rotatable bonds is 5. The van der Waals surface area contributed by atoms with Gasteiger partial charge in [-0.3, -0.25) is 15.1 Å². The highest BCUT2D eigenvalue weighted by Crippen LogP contribution is 2.14. The predicted molar refractivity (Wildman–Crippen MR) is 80.0 cm³/mol. The lowest BCUT2D eigenvalue weighted by Crippen LogP contribution is -2.48. The predicted octanol–water partition coefficient (Wildman–Crippen LogP) is 0.778. The Hall–Kier alpha value is -1.63. The van der Waals surface area contributed by atoms with Crippen LogP contribution in [-0.2, 0) is 4.74 Å². The number of nitrogens with zero attached hydrogens (tertiary/aromatic N) is 1. The summed E-state index contributed by atoms with van der Waals surface area (Å²) in [6.45, 7) is 7.41. The molecule has 0 saturated carbocycles. The van der Waals surface area contributed by atoms with E-state index < -0.39 is 0 Å². The number of hydrogen-bond donors (Lipinski definition) is 2. The van der Waals surface area contributed by atoms with E-state index in [9.17, 15) is 4.79 Å². The number of hydrogen-bond acceptors (Lipinski definition) is 5. The second-order valence-electron chi connectivity index (χ2n) is 5.33. The smallest absolute Gasteiger partial charge is 0.265 e. The van der Waals surface area contributed by atoms with Gasteiger partial charge < -0.3 is 9.47 Å². The number of ether oxygens (including phenoxy) is 2. The Morgan fingerprint density at radius 3 is 2.81 bits per heavy atom. The number of carbonyl (C=O) groups excluding carboxylic acids is 1. The summed E-state index contributed by atoms with van der Waals surface area (Å²) in [7, 11) is 0. The number of nitrogens with two attached hydrogens (primary N) is 1. The van der Waals surface area contributed by atoms with Crippen molar-refractivity contribution in [1.29, 1.82) is 0 Å². The summed E-state index contributed by atoms with van der Waals surface area (Å²) < 4.78 is 11.3. The first-order valence-corrected chi connectivity index (χ1v) is 7.19. The van der Waals surface area contributed by atoms with Crippen LogP contribution in [-0.4, -0.2) is 49.3 Å². The summed E-state index contributed by atoms with van der Waals surface area (Å²) in [4.78, 5) is 13.7. The van der Waals surface area contributed by atoms with Crippen molar-refractivity contribution in [2.45, 2.75) is 26.0 Å². The van der Waals surface area contributed by atoms with Gasteiger partial charge >= 0.3 is 0 Å². The van der Waals surface area contributed by atoms with Gasteiger partial charge in [0.1, 0.15) is 12.4 Å². The Bertz CT molecular complexity index is 464. The minimum atomic E-state index is -0.308. The van der Waals surface area contributed by atoms with Gasteiger partial charge in [-0.15, -0.1) is 0 Å². The summed E-state index contributed by atoms with van der Waals surface area (Å²) in [5.41, 5.74) is 2.61. The van der Waals surface area contributed by atoms with Gasteiger partial charge in [0.25, 0.3) is 5.91 Å². The molecule has 116 valence electrons. The lowest BCUT2D eigenvalue weighted by molar-refractivity contribution is -0.0522. The number of benzene rings is 1. The molecule has 2 rings (SSSR count). The van der Waals surface area contributed by atoms with E-state index in [2.05, 4.69) is 24.2 Å². The molecule has 0 spiro atoms. The zero-order valence-corrected chi connectivity index (χ0v) is 12.5. The minimum Gasteiger partial charge on any atom is -0.492 e. The van der Waals surface area contributed by atoms with Gasteiger partial charge in [-0.25, -0.2) is 5.84 Å². The molecule has 2 atom stereocenters. The van der Waals surface area contributed by atoms with Crippen molar-refractivity contribution >= 4 is 5.91 Å². The third-order valence-corrected chi connectivity index (χ3v) is 3.63. The number of carbonyl (C=O) groups is 1. The van der Waals surface area contributed by atoms with Gasteiger partial charge in [0, 0.05) is 24.7 Å². The maximum Gasteiger partial charge on any atom is 0.265 e. The number of amides is 1. The first-order chi connectivity index (χ1) is 10.1. The summed E-state index contributed by atoms with van der Waals surface area (Å²) in [5, 5.41) is 0. The molecule has 0 bridgehead atoms. The molecule has 1 amide bonds. The Labute approximate surface area is 125 Å². The first-order valence-electron chi connectivity index (χ1n) is 7.19. The first kappa shape index (κ1) is 15.8. The Kier molecular flexibility index (Phi) is 5.55. The SMILES string of the molecule is CC1CN(CCOc2ccc(C(=O)NN)cc2)C(C)CO1. The molecule has 1 fully saturated rings. The molecule has 1 aromatic carbocycles. The van der Waals surface area contributed by atoms with Gasteiger partial charge in [0.15, 0.2) is 0 Å². The molecule has 6 nitrogen and oxygen atoms in total. The van der Waals surface area contributed by atoms with Crippen molar-refractivity contribution in [3.8, 4) is 5.75 Å². The van der Waals surface area contributed by atoms with Crippen LogP contribution in [0.3, 0.4) is 0 Å². The van der Waals surface area contributed by atoms with Crippen LogP contribution in [0, 0.1) is 0 Å². The fourth-order valence-corrected chi connectivity index (χ4v) is 2.35. The van der Waals surface area contributed by atoms with Gasteiger partial charge in [-0.2, -0.15) is 0 Å². The van der Waals surface area contributed by atoms with Crippen LogP contribution in [0.1, 0.15) is 24.2 Å². The van der Waals surface area contributed by atoms with Crippen molar-refractivity contribution in [2.24, 2.45) is 5.84 Å². The van der Waals surface area contributed by atoms with Crippen LogP contribution in [0.4, 0.5) is 0 Å². The standard InChI is InChI=1S/C15H23N3O3/c1-11-10-21-12(2)9-18(11)7-8-20-14-5-3-13(4-6-14)15(19)17-16/h3-6,11-12H,7-10,16H2,1-2H3,(H,17,19). The quantitative estimate of drug-likeness (QED) is 0.476. The third kappa shape index (κ3) is 4.42. The molecule has 2 unspecified atom stereocenters. The van der Waals surface area contributed by atoms with Crippen LogP contribution >= 0.6 is 0 Å². The zero-order valence-electron chi connectivity index (χ0n) is 12.5. The van der Waals surface area contributed by atoms with Crippen LogP contribution < -0.4 is 16.0 Å². The van der Waals surface area contributed by atoms with Gasteiger partial charge in [0.05, 0.1) is 12.7 Å². The number of morpholine rings is 1. The molecular formula is C15H23N3O3. The lowest BCUT2D eigenvalue weighted by Gasteiger charge is -2.36. The second kappa shape index (κ2) is 7.40. The van der Waals surface area contributed by atoms with Crippen molar-refractivity contribution in [2.75, 3.05) is 26.3 Å². The normalized spacial score (nSPS) is 22.8. The highest BCUT2D eigenvalue weighted by Gasteiger charge is 2.22. The van der Waals surface area contributed by atoms with Crippen LogP contribution in [0.25, 0.3) is 0 Å². The fourth-order valence-electron chi connectivity index (χ4n) is 2.35. The molecule has 21 heavy (non-hydrogen) atoms. The highest BCUT2D eigenvalue weighted by molar-refractivity contribution is 5.93. The summed E-state index contributed by atoms with van der Waals surface area (Å²) in [6, 6.07) is 7.35. The number of nitrogens with one attached hydrogen (secondary N) is 1. The topological polar surface area (TPSA) is 76.8 Å². The second-order valence-corrected chi connectivity index (χ2v) is 5.33. The molecule has 3 N–H and O–H groups in total. The Balaban J connectivity index is 1.79. The van der Waals surface area contributed by atoms with E-state index in [4.69, 9.17) is 15.3 Å². The highest BCUT2D eigenvalue weighted by atomic mass is 16.5. The number of nitrogen functional groups attached to an aromatic ring is 1. The summed E-state index contributed by atoms with van der Waals surface area (Å²) >= 11 is 0. The van der Waals surface area contributed by atoms with E-state index in [0.29, 0.717) is 18.2 Å². The Morgan fingerprint density at radius 2 is 2.14 bits per heavy atom. The van der Waals surface area contributed by atoms with Crippen molar-refractivity contribution < 1.29 is 14.3 Å². The van der Waals surface area contributed by atoms with Crippen LogP contribution in [0.5, 0.6) is 5.75 Å². The van der Waals surface area contributed by atoms with E-state index in [1.807, 2.05) is 0 Å². The molecule has 1 aliphatic heterocycles. The van der Waals surface area contributed by atoms with Gasteiger partial charge in [0.2, 0.25) is 0 Å². The lowest BCUT2D eigenvalue weighted by atomic mass is 10.2. The van der Waals surface area contributed by atoms with Crippen molar-refractivity contribution in [1.82, 2.24) is 10.3 Å². The number of hydrazine groups is 1. The minimum absolute atomic E-state index is 0.273. The van der Waals surface area contributed by atoms with Crippen molar-refractivity contribution in [3.05, 3.63) is 29.8 Å². The molecule has 1 aliphatic rings. The van der Waals surface area contributed by atoms with Gasteiger partial charge in [-0.05, 0) is 38.1 Å². The van der Waals surface area contributed by atoms with Crippen molar-refractivity contribution in [3.63, 3.8) is 0 Å². The summed E-state index contributed by atoms with van der Waals surface area (Å²) in [6.07, 6.45) is 0.273. The van der Waals surface area contributed by atoms with E-state index in [1.54, 1.807) is 24.3 Å². The third-order valence-electron chi connectivity index (χ3n) is 3.63. The van der Waals surface area contributed by atoms with Crippen LogP contribution in [0.2, 0.25) is 0 Å². The molecule has 0 aromatic heterocycles. The average Bonchev–Trinajstić information content (AvgIpc) is 2.50. The largest absolute Gasteiger partial charge is 0.492 e. The zero-order chi connectivity index (χ0) is 15.2. The summed E-state index contributed by atoms with van der Waals surface area (Å²) in [5.74, 6) is 5.52. The Morgan fingerprint density at radius 1 is 1.43 bits per heavy atom. The molecule has 0 radical (unpaired) electrons. The van der Waals surface area contributed by atoms with E-state index in [0.717, 1.165) is 25.4 Å². The monoisotopic (exact) mass is 293 g/mol.